The molecule has 8 nitrogen and oxygen atoms in total. The molecule has 0 unspecified atom stereocenters. The van der Waals surface area contributed by atoms with E-state index in [4.69, 9.17) is 4.84 Å². The number of nitrogens with one attached hydrogen (secondary N) is 3. The van der Waals surface area contributed by atoms with Gasteiger partial charge in [0.15, 0.2) is 0 Å². The third kappa shape index (κ3) is 5.54. The Balaban J connectivity index is 2.42. The van der Waals surface area contributed by atoms with E-state index in [0.717, 1.165) is 28.1 Å². The van der Waals surface area contributed by atoms with Crippen molar-refractivity contribution in [3.05, 3.63) is 48.3 Å². The predicted octanol–water partition coefficient (Wildman–Crippen LogP) is 3.23. The largest absolute Gasteiger partial charge is 0.399 e. The molecule has 2 amide bonds. The molecule has 0 saturated carbocycles. The summed E-state index contributed by atoms with van der Waals surface area (Å²) in [4.78, 5) is 25.1. The van der Waals surface area contributed by atoms with E-state index < -0.39 is 0 Å². The maximum absolute atomic E-state index is 11.8. The highest BCUT2D eigenvalue weighted by Gasteiger charge is 2.14. The summed E-state index contributed by atoms with van der Waals surface area (Å²) in [5.41, 5.74) is 4.36. The number of carbonyl (C=O) groups excluding carboxylic acids is 1. The van der Waals surface area contributed by atoms with Crippen molar-refractivity contribution in [2.45, 2.75) is 20.3 Å². The minimum Gasteiger partial charge on any atom is -0.399 e. The lowest BCUT2D eigenvalue weighted by Crippen LogP contribution is -2.42. The van der Waals surface area contributed by atoms with Gasteiger partial charge in [-0.05, 0) is 37.1 Å². The second-order valence-electron chi connectivity index (χ2n) is 5.76. The summed E-state index contributed by atoms with van der Waals surface area (Å²) >= 11 is 0. The van der Waals surface area contributed by atoms with Crippen LogP contribution in [0.3, 0.4) is 0 Å². The van der Waals surface area contributed by atoms with Crippen LogP contribution in [0.15, 0.2) is 52.9 Å². The zero-order chi connectivity index (χ0) is 20.4. The first-order valence-electron chi connectivity index (χ1n) is 9.06. The van der Waals surface area contributed by atoms with Crippen molar-refractivity contribution in [2.24, 2.45) is 10.1 Å². The Morgan fingerprint density at radius 1 is 1.21 bits per heavy atom. The van der Waals surface area contributed by atoms with Gasteiger partial charge in [0.1, 0.15) is 7.11 Å². The van der Waals surface area contributed by atoms with E-state index in [-0.39, 0.29) is 6.03 Å². The first kappa shape index (κ1) is 20.9. The molecular weight excluding hydrogens is 356 g/mol. The van der Waals surface area contributed by atoms with Crippen LogP contribution < -0.4 is 16.0 Å². The Kier molecular flexibility index (Phi) is 7.95. The molecule has 1 heterocycles. The minimum atomic E-state index is -0.328. The maximum Gasteiger partial charge on any atom is 0.321 e. The summed E-state index contributed by atoms with van der Waals surface area (Å²) < 4.78 is 0. The highest BCUT2D eigenvalue weighted by molar-refractivity contribution is 6.10. The molecule has 148 valence electrons. The molecule has 0 bridgehead atoms. The third-order valence-corrected chi connectivity index (χ3v) is 3.91. The monoisotopic (exact) mass is 382 g/mol. The molecule has 0 aliphatic carbocycles. The molecule has 2 rings (SSSR count). The highest BCUT2D eigenvalue weighted by atomic mass is 16.6. The van der Waals surface area contributed by atoms with Gasteiger partial charge in [0.2, 0.25) is 5.96 Å². The number of carbonyl (C=O) groups is 1. The highest BCUT2D eigenvalue weighted by Crippen LogP contribution is 2.26. The van der Waals surface area contributed by atoms with Crippen LogP contribution in [-0.4, -0.2) is 43.4 Å². The SMILES string of the molecule is CCNC(=O)NC(=NC)Nc1ccc(-c2cccnc2)cc1/C(CC)=N/OC. The van der Waals surface area contributed by atoms with Gasteiger partial charge in [-0.2, -0.15) is 0 Å². The van der Waals surface area contributed by atoms with Crippen molar-refractivity contribution in [2.75, 3.05) is 26.0 Å². The second-order valence-corrected chi connectivity index (χ2v) is 5.76. The van der Waals surface area contributed by atoms with Gasteiger partial charge in [-0.25, -0.2) is 4.79 Å². The lowest BCUT2D eigenvalue weighted by molar-refractivity contribution is 0.213. The standard InChI is InChI=1S/C20H26N6O2/c1-5-17(26-28-4)16-12-14(15-8-7-11-22-13-15)9-10-18(16)24-19(21-3)25-20(27)23-6-2/h7-13H,5-6H2,1-4H3,(H3,21,23,24,25,27)/b26-17+. The van der Waals surface area contributed by atoms with E-state index in [1.54, 1.807) is 19.4 Å². The molecule has 1 aromatic carbocycles. The van der Waals surface area contributed by atoms with Crippen LogP contribution in [0, 0.1) is 0 Å². The number of anilines is 1. The van der Waals surface area contributed by atoms with E-state index >= 15 is 0 Å². The third-order valence-electron chi connectivity index (χ3n) is 3.91. The van der Waals surface area contributed by atoms with Crippen LogP contribution in [-0.2, 0) is 4.84 Å². The van der Waals surface area contributed by atoms with E-state index in [2.05, 4.69) is 31.1 Å². The summed E-state index contributed by atoms with van der Waals surface area (Å²) in [6.45, 7) is 4.37. The Labute approximate surface area is 165 Å². The number of oxime groups is 1. The van der Waals surface area contributed by atoms with Gasteiger partial charge in [-0.15, -0.1) is 0 Å². The zero-order valence-electron chi connectivity index (χ0n) is 16.6. The topological polar surface area (TPSA) is 100 Å². The number of aliphatic imine (C=N–C) groups is 1. The summed E-state index contributed by atoms with van der Waals surface area (Å²) in [5, 5.41) is 12.7. The van der Waals surface area contributed by atoms with E-state index in [0.29, 0.717) is 18.9 Å². The van der Waals surface area contributed by atoms with Crippen molar-refractivity contribution >= 4 is 23.4 Å². The van der Waals surface area contributed by atoms with Gasteiger partial charge < -0.3 is 15.5 Å². The number of hydrogen-bond acceptors (Lipinski definition) is 5. The number of amides is 2. The minimum absolute atomic E-state index is 0.328. The first-order valence-corrected chi connectivity index (χ1v) is 9.06. The number of hydrogen-bond donors (Lipinski definition) is 3. The molecule has 0 saturated heterocycles. The molecule has 8 heteroatoms. The van der Waals surface area contributed by atoms with E-state index in [1.807, 2.05) is 44.2 Å². The Bertz CT molecular complexity index is 849. The Hall–Kier alpha value is -3.42. The van der Waals surface area contributed by atoms with E-state index in [1.165, 1.54) is 7.11 Å². The van der Waals surface area contributed by atoms with E-state index in [9.17, 15) is 4.79 Å². The fraction of sp³-hybridized carbons (Fsp3) is 0.300. The van der Waals surface area contributed by atoms with Crippen molar-refractivity contribution < 1.29 is 9.63 Å². The van der Waals surface area contributed by atoms with Crippen LogP contribution in [0.1, 0.15) is 25.8 Å². The molecule has 1 aromatic heterocycles. The van der Waals surface area contributed by atoms with Crippen LogP contribution >= 0.6 is 0 Å². The average molecular weight is 382 g/mol. The molecule has 0 radical (unpaired) electrons. The number of benzene rings is 1. The lowest BCUT2D eigenvalue weighted by Gasteiger charge is -2.16. The van der Waals surface area contributed by atoms with Crippen molar-refractivity contribution in [1.29, 1.82) is 0 Å². The number of aromatic nitrogens is 1. The molecule has 0 spiro atoms. The smallest absolute Gasteiger partial charge is 0.321 e. The molecule has 3 N–H and O–H groups in total. The normalized spacial score (nSPS) is 11.7. The fourth-order valence-corrected chi connectivity index (χ4v) is 2.60. The summed E-state index contributed by atoms with van der Waals surface area (Å²) in [7, 11) is 3.12. The van der Waals surface area contributed by atoms with Crippen LogP contribution in [0.2, 0.25) is 0 Å². The second kappa shape index (κ2) is 10.7. The van der Waals surface area contributed by atoms with Gasteiger partial charge in [0.25, 0.3) is 0 Å². The molecule has 0 fully saturated rings. The van der Waals surface area contributed by atoms with Gasteiger partial charge in [0.05, 0.1) is 11.4 Å². The summed E-state index contributed by atoms with van der Waals surface area (Å²) in [6.07, 6.45) is 4.21. The van der Waals surface area contributed by atoms with Crippen molar-refractivity contribution in [3.8, 4) is 11.1 Å². The van der Waals surface area contributed by atoms with Crippen molar-refractivity contribution in [3.63, 3.8) is 0 Å². The summed E-state index contributed by atoms with van der Waals surface area (Å²) in [6, 6.07) is 9.47. The zero-order valence-corrected chi connectivity index (χ0v) is 16.6. The molecule has 2 aromatic rings. The van der Waals surface area contributed by atoms with Gasteiger partial charge in [-0.3, -0.25) is 15.3 Å². The molecular formula is C20H26N6O2. The van der Waals surface area contributed by atoms with Gasteiger partial charge in [0, 0.05) is 37.1 Å². The first-order chi connectivity index (χ1) is 13.6. The maximum atomic E-state index is 11.8. The number of urea groups is 1. The number of guanidine groups is 1. The molecule has 0 aliphatic heterocycles. The van der Waals surface area contributed by atoms with Gasteiger partial charge >= 0.3 is 6.03 Å². The van der Waals surface area contributed by atoms with Gasteiger partial charge in [-0.1, -0.05) is 24.2 Å². The van der Waals surface area contributed by atoms with Crippen LogP contribution in [0.4, 0.5) is 10.5 Å². The molecule has 0 atom stereocenters. The Morgan fingerprint density at radius 2 is 2.04 bits per heavy atom. The lowest BCUT2D eigenvalue weighted by atomic mass is 9.99. The number of rotatable bonds is 6. The van der Waals surface area contributed by atoms with Crippen molar-refractivity contribution in [1.82, 2.24) is 15.6 Å². The average Bonchev–Trinajstić information content (AvgIpc) is 2.72. The van der Waals surface area contributed by atoms with Crippen LogP contribution in [0.25, 0.3) is 11.1 Å². The number of nitrogens with zero attached hydrogens (tertiary/aromatic N) is 3. The molecule has 28 heavy (non-hydrogen) atoms. The quantitative estimate of drug-likeness (QED) is 0.406. The van der Waals surface area contributed by atoms with Crippen LogP contribution in [0.5, 0.6) is 0 Å². The fourth-order valence-electron chi connectivity index (χ4n) is 2.60. The Morgan fingerprint density at radius 3 is 2.64 bits per heavy atom. The predicted molar refractivity (Wildman–Crippen MR) is 113 cm³/mol. The number of pyridine rings is 1. The molecule has 0 aliphatic rings. The summed E-state index contributed by atoms with van der Waals surface area (Å²) in [5.74, 6) is 0.328.